The quantitative estimate of drug-likeness (QED) is 0.594. The molecular formula is C8H16N2O3. The first-order valence-electron chi connectivity index (χ1n) is 4.06. The number of hydrogen-bond donors (Lipinski definition) is 2. The van der Waals surface area contributed by atoms with Crippen molar-refractivity contribution in [3.63, 3.8) is 0 Å². The predicted octanol–water partition coefficient (Wildman–Crippen LogP) is -1.04. The standard InChI is InChI=1S/C8H16N2O3/c1-5(8(13)10(3)4)9-7(12)6(2)11/h5-6,11H,1-4H3,(H,9,12)/t5-,6?/m0/s1. The van der Waals surface area contributed by atoms with Crippen molar-refractivity contribution in [1.29, 1.82) is 0 Å². The highest BCUT2D eigenvalue weighted by atomic mass is 16.3. The van der Waals surface area contributed by atoms with Crippen molar-refractivity contribution in [1.82, 2.24) is 10.2 Å². The number of nitrogens with one attached hydrogen (secondary N) is 1. The Hall–Kier alpha value is -1.10. The Kier molecular flexibility index (Phi) is 4.40. The summed E-state index contributed by atoms with van der Waals surface area (Å²) in [5.74, 6) is -0.739. The van der Waals surface area contributed by atoms with Crippen LogP contribution in [0, 0.1) is 0 Å². The summed E-state index contributed by atoms with van der Waals surface area (Å²) in [7, 11) is 3.21. The minimum absolute atomic E-state index is 0.200. The van der Waals surface area contributed by atoms with Crippen molar-refractivity contribution < 1.29 is 14.7 Å². The summed E-state index contributed by atoms with van der Waals surface area (Å²) in [5, 5.41) is 11.2. The van der Waals surface area contributed by atoms with Crippen LogP contribution in [0.2, 0.25) is 0 Å². The zero-order valence-electron chi connectivity index (χ0n) is 8.37. The van der Waals surface area contributed by atoms with E-state index in [9.17, 15) is 9.59 Å². The molecule has 0 spiro atoms. The van der Waals surface area contributed by atoms with Crippen molar-refractivity contribution in [3.8, 4) is 0 Å². The van der Waals surface area contributed by atoms with Gasteiger partial charge in [0.25, 0.3) is 0 Å². The van der Waals surface area contributed by atoms with Crippen LogP contribution < -0.4 is 5.32 Å². The second kappa shape index (κ2) is 4.81. The number of aliphatic hydroxyl groups excluding tert-OH is 1. The molecule has 0 fully saturated rings. The molecule has 13 heavy (non-hydrogen) atoms. The Morgan fingerprint density at radius 3 is 2.08 bits per heavy atom. The Balaban J connectivity index is 4.08. The largest absolute Gasteiger partial charge is 0.384 e. The van der Waals surface area contributed by atoms with E-state index >= 15 is 0 Å². The fourth-order valence-corrected chi connectivity index (χ4v) is 0.783. The molecule has 0 aliphatic carbocycles. The molecule has 76 valence electrons. The molecule has 2 N–H and O–H groups in total. The van der Waals surface area contributed by atoms with Crippen molar-refractivity contribution >= 4 is 11.8 Å². The Morgan fingerprint density at radius 1 is 1.31 bits per heavy atom. The van der Waals surface area contributed by atoms with Gasteiger partial charge in [-0.1, -0.05) is 0 Å². The highest BCUT2D eigenvalue weighted by molar-refractivity contribution is 5.88. The van der Waals surface area contributed by atoms with Crippen LogP contribution in [0.5, 0.6) is 0 Å². The van der Waals surface area contributed by atoms with Crippen molar-refractivity contribution in [3.05, 3.63) is 0 Å². The van der Waals surface area contributed by atoms with Crippen molar-refractivity contribution in [2.24, 2.45) is 0 Å². The third kappa shape index (κ3) is 3.89. The molecule has 0 aromatic heterocycles. The summed E-state index contributed by atoms with van der Waals surface area (Å²) in [6.07, 6.45) is -1.09. The van der Waals surface area contributed by atoms with Gasteiger partial charge in [0.05, 0.1) is 0 Å². The van der Waals surface area contributed by atoms with Crippen LogP contribution in [-0.4, -0.2) is 48.1 Å². The van der Waals surface area contributed by atoms with Gasteiger partial charge < -0.3 is 15.3 Å². The molecule has 0 heterocycles. The van der Waals surface area contributed by atoms with Gasteiger partial charge in [-0.25, -0.2) is 0 Å². The molecule has 0 saturated heterocycles. The van der Waals surface area contributed by atoms with E-state index in [2.05, 4.69) is 5.32 Å². The normalized spacial score (nSPS) is 14.5. The molecule has 0 bridgehead atoms. The Labute approximate surface area is 77.7 Å². The average Bonchev–Trinajstić information content (AvgIpc) is 2.02. The van der Waals surface area contributed by atoms with Crippen molar-refractivity contribution in [2.45, 2.75) is 26.0 Å². The Bertz CT molecular complexity index is 202. The third-order valence-corrected chi connectivity index (χ3v) is 1.55. The SMILES string of the molecule is CC(O)C(=O)N[C@@H](C)C(=O)N(C)C. The number of aliphatic hydroxyl groups is 1. The highest BCUT2D eigenvalue weighted by Gasteiger charge is 2.18. The Morgan fingerprint density at radius 2 is 1.77 bits per heavy atom. The lowest BCUT2D eigenvalue weighted by Crippen LogP contribution is -2.47. The topological polar surface area (TPSA) is 69.6 Å². The van der Waals surface area contributed by atoms with E-state index in [1.165, 1.54) is 11.8 Å². The minimum Gasteiger partial charge on any atom is -0.384 e. The average molecular weight is 188 g/mol. The van der Waals surface area contributed by atoms with E-state index in [4.69, 9.17) is 5.11 Å². The van der Waals surface area contributed by atoms with Crippen LogP contribution in [0.15, 0.2) is 0 Å². The summed E-state index contributed by atoms with van der Waals surface area (Å²) in [5.41, 5.74) is 0. The highest BCUT2D eigenvalue weighted by Crippen LogP contribution is 1.90. The maximum Gasteiger partial charge on any atom is 0.249 e. The van der Waals surface area contributed by atoms with Crippen LogP contribution in [0.3, 0.4) is 0 Å². The second-order valence-corrected chi connectivity index (χ2v) is 3.14. The second-order valence-electron chi connectivity index (χ2n) is 3.14. The first-order chi connectivity index (χ1) is 5.86. The lowest BCUT2D eigenvalue weighted by molar-refractivity contribution is -0.136. The molecule has 0 aromatic rings. The molecule has 0 rings (SSSR count). The van der Waals surface area contributed by atoms with Gasteiger partial charge in [-0.2, -0.15) is 0 Å². The van der Waals surface area contributed by atoms with Gasteiger partial charge in [-0.3, -0.25) is 9.59 Å². The summed E-state index contributed by atoms with van der Waals surface area (Å²) in [6.45, 7) is 2.92. The third-order valence-electron chi connectivity index (χ3n) is 1.55. The zero-order valence-corrected chi connectivity index (χ0v) is 8.37. The fourth-order valence-electron chi connectivity index (χ4n) is 0.783. The molecule has 0 radical (unpaired) electrons. The lowest BCUT2D eigenvalue weighted by Gasteiger charge is -2.18. The van der Waals surface area contributed by atoms with Crippen LogP contribution in [0.4, 0.5) is 0 Å². The zero-order chi connectivity index (χ0) is 10.6. The van der Waals surface area contributed by atoms with Crippen LogP contribution in [0.1, 0.15) is 13.8 Å². The molecule has 2 amide bonds. The van der Waals surface area contributed by atoms with Gasteiger partial charge in [0.2, 0.25) is 11.8 Å². The number of nitrogens with zero attached hydrogens (tertiary/aromatic N) is 1. The van der Waals surface area contributed by atoms with Crippen LogP contribution in [-0.2, 0) is 9.59 Å². The first-order valence-corrected chi connectivity index (χ1v) is 4.06. The molecule has 5 nitrogen and oxygen atoms in total. The molecule has 0 aromatic carbocycles. The van der Waals surface area contributed by atoms with Gasteiger partial charge in [-0.05, 0) is 13.8 Å². The fraction of sp³-hybridized carbons (Fsp3) is 0.750. The maximum atomic E-state index is 11.2. The van der Waals surface area contributed by atoms with Crippen LogP contribution >= 0.6 is 0 Å². The lowest BCUT2D eigenvalue weighted by atomic mass is 10.2. The molecule has 2 atom stereocenters. The summed E-state index contributed by atoms with van der Waals surface area (Å²) in [6, 6.07) is -0.600. The van der Waals surface area contributed by atoms with Gasteiger partial charge in [0.1, 0.15) is 12.1 Å². The first kappa shape index (κ1) is 11.9. The molecule has 0 aliphatic rings. The maximum absolute atomic E-state index is 11.2. The summed E-state index contributed by atoms with van der Waals surface area (Å²) >= 11 is 0. The molecule has 1 unspecified atom stereocenters. The number of rotatable bonds is 3. The molecule has 0 aliphatic heterocycles. The van der Waals surface area contributed by atoms with Crippen LogP contribution in [0.25, 0.3) is 0 Å². The van der Waals surface area contributed by atoms with E-state index < -0.39 is 18.1 Å². The van der Waals surface area contributed by atoms with Gasteiger partial charge in [0.15, 0.2) is 0 Å². The summed E-state index contributed by atoms with van der Waals surface area (Å²) < 4.78 is 0. The van der Waals surface area contributed by atoms with E-state index in [1.807, 2.05) is 0 Å². The van der Waals surface area contributed by atoms with E-state index in [0.717, 1.165) is 0 Å². The monoisotopic (exact) mass is 188 g/mol. The van der Waals surface area contributed by atoms with Crippen molar-refractivity contribution in [2.75, 3.05) is 14.1 Å². The van der Waals surface area contributed by atoms with Gasteiger partial charge in [-0.15, -0.1) is 0 Å². The van der Waals surface area contributed by atoms with E-state index in [1.54, 1.807) is 21.0 Å². The summed E-state index contributed by atoms with van der Waals surface area (Å²) in [4.78, 5) is 23.6. The molecule has 0 saturated carbocycles. The molecular weight excluding hydrogens is 172 g/mol. The number of hydrogen-bond acceptors (Lipinski definition) is 3. The van der Waals surface area contributed by atoms with Gasteiger partial charge >= 0.3 is 0 Å². The minimum atomic E-state index is -1.09. The van der Waals surface area contributed by atoms with E-state index in [0.29, 0.717) is 0 Å². The number of carbonyl (C=O) groups excluding carboxylic acids is 2. The number of likely N-dealkylation sites (N-methyl/N-ethyl adjacent to an activating group) is 1. The van der Waals surface area contributed by atoms with Gasteiger partial charge in [0, 0.05) is 14.1 Å². The predicted molar refractivity (Wildman–Crippen MR) is 48.0 cm³/mol. The van der Waals surface area contributed by atoms with E-state index in [-0.39, 0.29) is 5.91 Å². The number of amides is 2. The molecule has 5 heteroatoms. The smallest absolute Gasteiger partial charge is 0.249 e. The number of carbonyl (C=O) groups is 2.